The van der Waals surface area contributed by atoms with Crippen LogP contribution in [0.1, 0.15) is 23.3 Å². The summed E-state index contributed by atoms with van der Waals surface area (Å²) in [6.07, 6.45) is 0.914. The lowest BCUT2D eigenvalue weighted by Crippen LogP contribution is -2.49. The van der Waals surface area contributed by atoms with Crippen LogP contribution in [0.2, 0.25) is 5.02 Å². The van der Waals surface area contributed by atoms with Crippen molar-refractivity contribution in [3.05, 3.63) is 82.8 Å². The van der Waals surface area contributed by atoms with Crippen LogP contribution in [0.4, 0.5) is 10.1 Å². The minimum Gasteiger partial charge on any atom is -0.491 e. The molecular weight excluding hydrogens is 473 g/mol. The van der Waals surface area contributed by atoms with Crippen LogP contribution in [0, 0.1) is 5.82 Å². The molecule has 0 unspecified atom stereocenters. The fourth-order valence-corrected chi connectivity index (χ4v) is 4.58. The fourth-order valence-electron chi connectivity index (χ4n) is 4.30. The topological polar surface area (TPSA) is 78.3 Å². The van der Waals surface area contributed by atoms with Gasteiger partial charge in [-0.15, -0.1) is 0 Å². The SMILES string of the molecule is COc1ccc([C@H](O)CN2CCN(c3ccc(OCCO)cc3Cl)[C@H](c3ccc(F)cc3)C2)cn1. The van der Waals surface area contributed by atoms with E-state index in [2.05, 4.69) is 14.8 Å². The molecule has 0 amide bonds. The van der Waals surface area contributed by atoms with Crippen LogP contribution in [-0.4, -0.2) is 66.6 Å². The van der Waals surface area contributed by atoms with E-state index in [1.165, 1.54) is 12.1 Å². The van der Waals surface area contributed by atoms with Gasteiger partial charge in [0, 0.05) is 50.1 Å². The van der Waals surface area contributed by atoms with Crippen molar-refractivity contribution in [2.45, 2.75) is 12.1 Å². The Bertz CT molecular complexity index is 1100. The molecule has 0 radical (unpaired) electrons. The van der Waals surface area contributed by atoms with E-state index in [1.54, 1.807) is 37.6 Å². The second kappa shape index (κ2) is 11.7. The molecule has 0 saturated carbocycles. The molecular formula is C26H29ClFN3O4. The monoisotopic (exact) mass is 501 g/mol. The number of aromatic nitrogens is 1. The van der Waals surface area contributed by atoms with E-state index >= 15 is 0 Å². The van der Waals surface area contributed by atoms with Crippen molar-refractivity contribution in [2.75, 3.05) is 51.4 Å². The second-order valence-electron chi connectivity index (χ2n) is 8.36. The van der Waals surface area contributed by atoms with Gasteiger partial charge in [0.25, 0.3) is 0 Å². The molecule has 1 aliphatic rings. The van der Waals surface area contributed by atoms with Crippen LogP contribution in [0.3, 0.4) is 0 Å². The maximum atomic E-state index is 13.7. The van der Waals surface area contributed by atoms with Gasteiger partial charge in [-0.25, -0.2) is 9.37 Å². The molecule has 3 aromatic rings. The van der Waals surface area contributed by atoms with Crippen molar-refractivity contribution >= 4 is 17.3 Å². The second-order valence-corrected chi connectivity index (χ2v) is 8.76. The number of hydrogen-bond donors (Lipinski definition) is 2. The van der Waals surface area contributed by atoms with Crippen LogP contribution >= 0.6 is 11.6 Å². The molecule has 0 aliphatic carbocycles. The highest BCUT2D eigenvalue weighted by atomic mass is 35.5. The van der Waals surface area contributed by atoms with Gasteiger partial charge < -0.3 is 24.6 Å². The summed E-state index contributed by atoms with van der Waals surface area (Å²) in [7, 11) is 1.55. The highest BCUT2D eigenvalue weighted by Crippen LogP contribution is 2.37. The Hall–Kier alpha value is -2.91. The standard InChI is InChI=1S/C26H29ClFN3O4/c1-34-26-9-4-19(15-29-26)25(33)17-30-10-11-31(24(16-30)18-2-5-20(28)6-3-18)23-8-7-21(14-22(23)27)35-13-12-32/h2-9,14-15,24-25,32-33H,10-13,16-17H2,1H3/t24-,25+/m0/s1. The maximum absolute atomic E-state index is 13.7. The van der Waals surface area contributed by atoms with E-state index in [0.717, 1.165) is 11.3 Å². The summed E-state index contributed by atoms with van der Waals surface area (Å²) in [6, 6.07) is 15.4. The predicted octanol–water partition coefficient (Wildman–Crippen LogP) is 3.85. The van der Waals surface area contributed by atoms with Crippen molar-refractivity contribution in [3.8, 4) is 11.6 Å². The molecule has 0 bridgehead atoms. The van der Waals surface area contributed by atoms with Crippen molar-refractivity contribution < 1.29 is 24.1 Å². The molecule has 35 heavy (non-hydrogen) atoms. The van der Waals surface area contributed by atoms with Crippen molar-refractivity contribution in [2.24, 2.45) is 0 Å². The lowest BCUT2D eigenvalue weighted by Gasteiger charge is -2.44. The van der Waals surface area contributed by atoms with Gasteiger partial charge in [0.15, 0.2) is 0 Å². The number of nitrogens with zero attached hydrogens (tertiary/aromatic N) is 3. The van der Waals surface area contributed by atoms with Gasteiger partial charge in [-0.3, -0.25) is 4.90 Å². The Labute approximate surface area is 209 Å². The van der Waals surface area contributed by atoms with E-state index in [-0.39, 0.29) is 25.1 Å². The molecule has 1 saturated heterocycles. The third-order valence-corrected chi connectivity index (χ3v) is 6.39. The minimum absolute atomic E-state index is 0.0770. The number of piperazine rings is 1. The Kier molecular flexibility index (Phi) is 8.41. The zero-order chi connectivity index (χ0) is 24.8. The Morgan fingerprint density at radius 1 is 1.14 bits per heavy atom. The van der Waals surface area contributed by atoms with E-state index in [0.29, 0.717) is 48.4 Å². The highest BCUT2D eigenvalue weighted by Gasteiger charge is 2.31. The van der Waals surface area contributed by atoms with Gasteiger partial charge in [0.05, 0.1) is 36.6 Å². The van der Waals surface area contributed by atoms with Gasteiger partial charge in [0.2, 0.25) is 5.88 Å². The number of pyridine rings is 1. The molecule has 186 valence electrons. The number of methoxy groups -OCH3 is 1. The number of ether oxygens (including phenoxy) is 2. The smallest absolute Gasteiger partial charge is 0.212 e. The minimum atomic E-state index is -0.708. The zero-order valence-electron chi connectivity index (χ0n) is 19.5. The normalized spacial score (nSPS) is 17.3. The Morgan fingerprint density at radius 3 is 2.60 bits per heavy atom. The summed E-state index contributed by atoms with van der Waals surface area (Å²) in [6.45, 7) is 2.53. The average molecular weight is 502 g/mol. The van der Waals surface area contributed by atoms with Crippen LogP contribution in [0.15, 0.2) is 60.8 Å². The maximum Gasteiger partial charge on any atom is 0.212 e. The predicted molar refractivity (Wildman–Crippen MR) is 133 cm³/mol. The first kappa shape index (κ1) is 25.2. The van der Waals surface area contributed by atoms with Gasteiger partial charge in [-0.05, 0) is 35.9 Å². The van der Waals surface area contributed by atoms with E-state index in [9.17, 15) is 9.50 Å². The molecule has 1 aromatic heterocycles. The fraction of sp³-hybridized carbons (Fsp3) is 0.346. The first-order chi connectivity index (χ1) is 17.0. The molecule has 1 aliphatic heterocycles. The number of rotatable bonds is 9. The molecule has 2 aromatic carbocycles. The number of benzene rings is 2. The summed E-state index contributed by atoms with van der Waals surface area (Å²) in [5.74, 6) is 0.787. The number of anilines is 1. The molecule has 9 heteroatoms. The van der Waals surface area contributed by atoms with Gasteiger partial charge in [0.1, 0.15) is 18.2 Å². The van der Waals surface area contributed by atoms with E-state index < -0.39 is 6.10 Å². The Morgan fingerprint density at radius 2 is 1.94 bits per heavy atom. The zero-order valence-corrected chi connectivity index (χ0v) is 20.2. The van der Waals surface area contributed by atoms with Crippen LogP contribution < -0.4 is 14.4 Å². The number of halogens is 2. The van der Waals surface area contributed by atoms with Gasteiger partial charge in [-0.1, -0.05) is 23.7 Å². The first-order valence-electron chi connectivity index (χ1n) is 11.4. The number of aliphatic hydroxyl groups excluding tert-OH is 2. The number of β-amino-alcohol motifs (C(OH)–C–C–N with tert-alkyl or cyclic N) is 1. The largest absolute Gasteiger partial charge is 0.491 e. The molecule has 2 heterocycles. The summed E-state index contributed by atoms with van der Waals surface area (Å²) >= 11 is 6.63. The number of hydrogen-bond acceptors (Lipinski definition) is 7. The first-order valence-corrected chi connectivity index (χ1v) is 11.8. The Balaban J connectivity index is 1.54. The van der Waals surface area contributed by atoms with Gasteiger partial charge >= 0.3 is 0 Å². The van der Waals surface area contributed by atoms with Crippen LogP contribution in [0.25, 0.3) is 0 Å². The van der Waals surface area contributed by atoms with Crippen molar-refractivity contribution in [1.29, 1.82) is 0 Å². The lowest BCUT2D eigenvalue weighted by molar-refractivity contribution is 0.100. The molecule has 1 fully saturated rings. The lowest BCUT2D eigenvalue weighted by atomic mass is 10.0. The van der Waals surface area contributed by atoms with Crippen LogP contribution in [-0.2, 0) is 0 Å². The van der Waals surface area contributed by atoms with E-state index in [1.807, 2.05) is 18.2 Å². The average Bonchev–Trinajstić information content (AvgIpc) is 2.88. The third kappa shape index (κ3) is 6.21. The van der Waals surface area contributed by atoms with Crippen LogP contribution in [0.5, 0.6) is 11.6 Å². The van der Waals surface area contributed by atoms with Crippen molar-refractivity contribution in [1.82, 2.24) is 9.88 Å². The quantitative estimate of drug-likeness (QED) is 0.461. The number of aliphatic hydroxyl groups is 2. The molecule has 2 atom stereocenters. The van der Waals surface area contributed by atoms with Gasteiger partial charge in [-0.2, -0.15) is 0 Å². The molecule has 7 nitrogen and oxygen atoms in total. The van der Waals surface area contributed by atoms with E-state index in [4.69, 9.17) is 26.2 Å². The molecule has 2 N–H and O–H groups in total. The summed E-state index contributed by atoms with van der Waals surface area (Å²) < 4.78 is 24.2. The molecule has 4 rings (SSSR count). The molecule has 0 spiro atoms. The highest BCUT2D eigenvalue weighted by molar-refractivity contribution is 6.33. The van der Waals surface area contributed by atoms with Crippen molar-refractivity contribution in [3.63, 3.8) is 0 Å². The summed E-state index contributed by atoms with van der Waals surface area (Å²) in [5, 5.41) is 20.3. The summed E-state index contributed by atoms with van der Waals surface area (Å²) in [5.41, 5.74) is 2.51. The summed E-state index contributed by atoms with van der Waals surface area (Å²) in [4.78, 5) is 8.57. The third-order valence-electron chi connectivity index (χ3n) is 6.09.